The topological polar surface area (TPSA) is 69.7 Å². The lowest BCUT2D eigenvalue weighted by Gasteiger charge is -2.09. The summed E-state index contributed by atoms with van der Waals surface area (Å²) in [5.41, 5.74) is 0. The van der Waals surface area contributed by atoms with Crippen molar-refractivity contribution in [2.45, 2.75) is 26.4 Å². The Hall–Kier alpha value is -1.65. The predicted molar refractivity (Wildman–Crippen MR) is 52.0 cm³/mol. The molecule has 0 amide bonds. The summed E-state index contributed by atoms with van der Waals surface area (Å²) in [7, 11) is 0. The van der Waals surface area contributed by atoms with Gasteiger partial charge in [-0.3, -0.25) is 9.59 Å². The van der Waals surface area contributed by atoms with Crippen molar-refractivity contribution in [2.24, 2.45) is 0 Å². The maximum atomic E-state index is 11.0. The van der Waals surface area contributed by atoms with Gasteiger partial charge in [0.25, 0.3) is 0 Å². The maximum Gasteiger partial charge on any atom is 0.344 e. The Balaban J connectivity index is 3.80. The highest BCUT2D eigenvalue weighted by molar-refractivity contribution is 5.84. The Morgan fingerprint density at radius 2 is 1.93 bits per heavy atom. The van der Waals surface area contributed by atoms with E-state index in [9.17, 15) is 14.4 Å². The molecule has 1 unspecified atom stereocenters. The van der Waals surface area contributed by atoms with Crippen molar-refractivity contribution in [3.05, 3.63) is 12.7 Å². The van der Waals surface area contributed by atoms with Gasteiger partial charge < -0.3 is 9.47 Å². The first kappa shape index (κ1) is 13.4. The predicted octanol–water partition coefficient (Wildman–Crippen LogP) is 0.626. The number of hydrogen-bond donors (Lipinski definition) is 0. The molecular weight excluding hydrogens is 200 g/mol. The Labute approximate surface area is 88.0 Å². The summed E-state index contributed by atoms with van der Waals surface area (Å²) < 4.78 is 9.18. The number of Topliss-reactive ketones (excluding diaryl/α,β-unsaturated/α-hetero) is 1. The average molecular weight is 214 g/mol. The molecule has 0 rings (SSSR count). The van der Waals surface area contributed by atoms with Crippen molar-refractivity contribution in [3.8, 4) is 0 Å². The number of hydrogen-bond acceptors (Lipinski definition) is 5. The van der Waals surface area contributed by atoms with E-state index >= 15 is 0 Å². The van der Waals surface area contributed by atoms with Crippen LogP contribution in [-0.4, -0.2) is 30.4 Å². The number of carbonyl (C=O) groups excluding carboxylic acids is 3. The molecule has 15 heavy (non-hydrogen) atoms. The van der Waals surface area contributed by atoms with E-state index in [1.807, 2.05) is 0 Å². The van der Waals surface area contributed by atoms with Crippen LogP contribution in [0.25, 0.3) is 0 Å². The minimum atomic E-state index is -0.810. The standard InChI is InChI=1S/C10H14O5/c1-4-5-9(12)14-6-10(13)15-8(3)7(2)11/h4,8H,1,5-6H2,2-3H3. The van der Waals surface area contributed by atoms with Crippen LogP contribution < -0.4 is 0 Å². The summed E-state index contributed by atoms with van der Waals surface area (Å²) in [4.78, 5) is 32.5. The van der Waals surface area contributed by atoms with E-state index in [2.05, 4.69) is 16.1 Å². The van der Waals surface area contributed by atoms with Crippen molar-refractivity contribution >= 4 is 17.7 Å². The van der Waals surface area contributed by atoms with Gasteiger partial charge in [-0.1, -0.05) is 6.08 Å². The smallest absolute Gasteiger partial charge is 0.344 e. The van der Waals surface area contributed by atoms with Crippen LogP contribution in [0.4, 0.5) is 0 Å². The van der Waals surface area contributed by atoms with Crippen LogP contribution in [0.1, 0.15) is 20.3 Å². The molecule has 84 valence electrons. The van der Waals surface area contributed by atoms with Crippen LogP contribution in [0.3, 0.4) is 0 Å². The molecule has 0 aromatic heterocycles. The summed E-state index contributed by atoms with van der Waals surface area (Å²) in [6.45, 7) is 5.61. The van der Waals surface area contributed by atoms with E-state index in [1.54, 1.807) is 0 Å². The highest BCUT2D eigenvalue weighted by Crippen LogP contribution is 1.95. The van der Waals surface area contributed by atoms with Crippen molar-refractivity contribution in [1.82, 2.24) is 0 Å². The van der Waals surface area contributed by atoms with Gasteiger partial charge in [-0.15, -0.1) is 6.58 Å². The lowest BCUT2D eigenvalue weighted by atomic mass is 10.3. The number of esters is 2. The molecule has 0 aliphatic rings. The SMILES string of the molecule is C=CCC(=O)OCC(=O)OC(C)C(C)=O. The summed E-state index contributed by atoms with van der Waals surface area (Å²) in [5, 5.41) is 0. The Bertz CT molecular complexity index is 269. The molecule has 1 atom stereocenters. The van der Waals surface area contributed by atoms with E-state index in [1.165, 1.54) is 19.9 Å². The van der Waals surface area contributed by atoms with E-state index < -0.39 is 24.6 Å². The van der Waals surface area contributed by atoms with Crippen LogP contribution in [-0.2, 0) is 23.9 Å². The molecule has 0 saturated heterocycles. The molecule has 0 bridgehead atoms. The van der Waals surface area contributed by atoms with Gasteiger partial charge in [0.1, 0.15) is 0 Å². The van der Waals surface area contributed by atoms with Gasteiger partial charge in [0, 0.05) is 0 Å². The number of carbonyl (C=O) groups is 3. The third-order valence-corrected chi connectivity index (χ3v) is 1.54. The fraction of sp³-hybridized carbons (Fsp3) is 0.500. The number of ether oxygens (including phenoxy) is 2. The van der Waals surface area contributed by atoms with Crippen LogP contribution in [0, 0.1) is 0 Å². The zero-order valence-electron chi connectivity index (χ0n) is 8.82. The molecule has 0 N–H and O–H groups in total. The van der Waals surface area contributed by atoms with E-state index in [-0.39, 0.29) is 12.2 Å². The lowest BCUT2D eigenvalue weighted by Crippen LogP contribution is -2.25. The summed E-state index contributed by atoms with van der Waals surface area (Å²) in [6.07, 6.45) is 0.595. The summed E-state index contributed by atoms with van der Waals surface area (Å²) in [6, 6.07) is 0. The highest BCUT2D eigenvalue weighted by atomic mass is 16.6. The van der Waals surface area contributed by atoms with Crippen molar-refractivity contribution in [3.63, 3.8) is 0 Å². The third-order valence-electron chi connectivity index (χ3n) is 1.54. The molecule has 0 heterocycles. The first-order chi connectivity index (χ1) is 6.97. The fourth-order valence-electron chi connectivity index (χ4n) is 0.630. The Morgan fingerprint density at radius 1 is 1.33 bits per heavy atom. The Kier molecular flexibility index (Phi) is 6.01. The molecular formula is C10H14O5. The van der Waals surface area contributed by atoms with Crippen molar-refractivity contribution in [2.75, 3.05) is 6.61 Å². The van der Waals surface area contributed by atoms with Crippen LogP contribution >= 0.6 is 0 Å². The zero-order valence-corrected chi connectivity index (χ0v) is 8.82. The van der Waals surface area contributed by atoms with Gasteiger partial charge in [0.05, 0.1) is 6.42 Å². The van der Waals surface area contributed by atoms with Gasteiger partial charge in [0.15, 0.2) is 18.5 Å². The second kappa shape index (κ2) is 6.75. The van der Waals surface area contributed by atoms with Gasteiger partial charge in [-0.2, -0.15) is 0 Å². The van der Waals surface area contributed by atoms with Crippen LogP contribution in [0.2, 0.25) is 0 Å². The van der Waals surface area contributed by atoms with Gasteiger partial charge in [-0.25, -0.2) is 4.79 Å². The number of rotatable bonds is 6. The van der Waals surface area contributed by atoms with Crippen LogP contribution in [0.5, 0.6) is 0 Å². The van der Waals surface area contributed by atoms with Crippen molar-refractivity contribution < 1.29 is 23.9 Å². The molecule has 0 aromatic carbocycles. The quantitative estimate of drug-likeness (QED) is 0.479. The third kappa shape index (κ3) is 6.42. The second-order valence-electron chi connectivity index (χ2n) is 2.90. The fourth-order valence-corrected chi connectivity index (χ4v) is 0.630. The largest absolute Gasteiger partial charge is 0.453 e. The molecule has 0 radical (unpaired) electrons. The molecule has 0 fully saturated rings. The second-order valence-corrected chi connectivity index (χ2v) is 2.90. The summed E-state index contributed by atoms with van der Waals surface area (Å²) >= 11 is 0. The first-order valence-corrected chi connectivity index (χ1v) is 4.43. The molecule has 5 nitrogen and oxygen atoms in total. The normalized spacial score (nSPS) is 11.3. The molecule has 0 saturated carbocycles. The monoisotopic (exact) mass is 214 g/mol. The molecule has 0 aliphatic heterocycles. The minimum Gasteiger partial charge on any atom is -0.453 e. The van der Waals surface area contributed by atoms with Gasteiger partial charge in [-0.05, 0) is 13.8 Å². The molecule has 0 aliphatic carbocycles. The summed E-state index contributed by atoms with van der Waals surface area (Å²) in [5.74, 6) is -1.56. The van der Waals surface area contributed by atoms with Gasteiger partial charge in [0.2, 0.25) is 0 Å². The number of ketones is 1. The molecule has 0 spiro atoms. The van der Waals surface area contributed by atoms with E-state index in [0.29, 0.717) is 0 Å². The van der Waals surface area contributed by atoms with Crippen molar-refractivity contribution in [1.29, 1.82) is 0 Å². The highest BCUT2D eigenvalue weighted by Gasteiger charge is 2.14. The van der Waals surface area contributed by atoms with Gasteiger partial charge >= 0.3 is 11.9 Å². The van der Waals surface area contributed by atoms with E-state index in [0.717, 1.165) is 0 Å². The lowest BCUT2D eigenvalue weighted by molar-refractivity contribution is -0.163. The zero-order chi connectivity index (χ0) is 11.8. The minimum absolute atomic E-state index is 0.0372. The average Bonchev–Trinajstić information content (AvgIpc) is 2.15. The first-order valence-electron chi connectivity index (χ1n) is 4.43. The van der Waals surface area contributed by atoms with Crippen LogP contribution in [0.15, 0.2) is 12.7 Å². The maximum absolute atomic E-state index is 11.0. The molecule has 5 heteroatoms. The molecule has 0 aromatic rings. The van der Waals surface area contributed by atoms with E-state index in [4.69, 9.17) is 0 Å². The Morgan fingerprint density at radius 3 is 2.40 bits per heavy atom.